The third kappa shape index (κ3) is 2.70. The fourth-order valence-corrected chi connectivity index (χ4v) is 3.01. The summed E-state index contributed by atoms with van der Waals surface area (Å²) < 4.78 is 0.794. The van der Waals surface area contributed by atoms with Crippen molar-refractivity contribution in [3.63, 3.8) is 0 Å². The number of hydrogen-bond acceptors (Lipinski definition) is 2. The molecule has 0 aromatic carbocycles. The van der Waals surface area contributed by atoms with Crippen molar-refractivity contribution in [1.82, 2.24) is 15.5 Å². The molecular weight excluding hydrogens is 282 g/mol. The molecule has 1 saturated carbocycles. The molecule has 0 radical (unpaired) electrons. The summed E-state index contributed by atoms with van der Waals surface area (Å²) in [6.07, 6.45) is 4.60. The molecule has 0 spiro atoms. The van der Waals surface area contributed by atoms with E-state index in [0.717, 1.165) is 23.0 Å². The molecule has 94 valence electrons. The van der Waals surface area contributed by atoms with Crippen LogP contribution >= 0.6 is 15.9 Å². The van der Waals surface area contributed by atoms with E-state index in [1.807, 2.05) is 0 Å². The van der Waals surface area contributed by atoms with Gasteiger partial charge in [0.25, 0.3) is 5.91 Å². The summed E-state index contributed by atoms with van der Waals surface area (Å²) in [5, 5.41) is 10.1. The zero-order valence-corrected chi connectivity index (χ0v) is 11.8. The summed E-state index contributed by atoms with van der Waals surface area (Å²) in [6.45, 7) is 4.13. The number of carbonyl (C=O) groups excluding carboxylic acids is 1. The second-order valence-electron chi connectivity index (χ2n) is 4.91. The van der Waals surface area contributed by atoms with Crippen molar-refractivity contribution < 1.29 is 4.79 Å². The average molecular weight is 300 g/mol. The maximum atomic E-state index is 12.0. The van der Waals surface area contributed by atoms with Crippen LogP contribution in [0.1, 0.15) is 61.6 Å². The SMILES string of the molecule is CC(C)c1[nH]nc(C(=O)NC2CCCC2)c1Br. The van der Waals surface area contributed by atoms with Gasteiger partial charge in [-0.2, -0.15) is 5.10 Å². The Balaban J connectivity index is 2.08. The molecule has 0 unspecified atom stereocenters. The van der Waals surface area contributed by atoms with Crippen LogP contribution in [-0.4, -0.2) is 22.1 Å². The van der Waals surface area contributed by atoms with E-state index in [4.69, 9.17) is 0 Å². The van der Waals surface area contributed by atoms with Gasteiger partial charge in [0.2, 0.25) is 0 Å². The monoisotopic (exact) mass is 299 g/mol. The molecule has 2 N–H and O–H groups in total. The molecule has 1 heterocycles. The molecule has 1 amide bonds. The highest BCUT2D eigenvalue weighted by molar-refractivity contribution is 9.10. The number of aromatic amines is 1. The zero-order chi connectivity index (χ0) is 12.4. The number of H-pyrrole nitrogens is 1. The van der Waals surface area contributed by atoms with Gasteiger partial charge >= 0.3 is 0 Å². The molecular formula is C12H18BrN3O. The van der Waals surface area contributed by atoms with Gasteiger partial charge in [0.15, 0.2) is 5.69 Å². The van der Waals surface area contributed by atoms with Crippen LogP contribution in [0.2, 0.25) is 0 Å². The Bertz CT molecular complexity index is 408. The van der Waals surface area contributed by atoms with Crippen molar-refractivity contribution >= 4 is 21.8 Å². The highest BCUT2D eigenvalue weighted by atomic mass is 79.9. The number of carbonyl (C=O) groups is 1. The van der Waals surface area contributed by atoms with E-state index in [2.05, 4.69) is 45.3 Å². The predicted octanol–water partition coefficient (Wildman–Crippen LogP) is 2.97. The largest absolute Gasteiger partial charge is 0.348 e. The van der Waals surface area contributed by atoms with E-state index in [9.17, 15) is 4.79 Å². The van der Waals surface area contributed by atoms with Gasteiger partial charge in [0.1, 0.15) is 0 Å². The summed E-state index contributed by atoms with van der Waals surface area (Å²) in [5.41, 5.74) is 1.45. The van der Waals surface area contributed by atoms with Gasteiger partial charge in [0, 0.05) is 6.04 Å². The molecule has 1 aliphatic rings. The van der Waals surface area contributed by atoms with Gasteiger partial charge in [-0.25, -0.2) is 0 Å². The Morgan fingerprint density at radius 1 is 1.47 bits per heavy atom. The van der Waals surface area contributed by atoms with E-state index >= 15 is 0 Å². The van der Waals surface area contributed by atoms with Gasteiger partial charge < -0.3 is 5.32 Å². The molecule has 0 aliphatic heterocycles. The molecule has 0 saturated heterocycles. The number of halogens is 1. The normalized spacial score (nSPS) is 16.7. The Hall–Kier alpha value is -0.840. The quantitative estimate of drug-likeness (QED) is 0.901. The van der Waals surface area contributed by atoms with Crippen LogP contribution in [0.3, 0.4) is 0 Å². The molecule has 1 fully saturated rings. The summed E-state index contributed by atoms with van der Waals surface area (Å²) in [4.78, 5) is 12.0. The molecule has 5 heteroatoms. The number of nitrogens with zero attached hydrogens (tertiary/aromatic N) is 1. The molecule has 17 heavy (non-hydrogen) atoms. The third-order valence-corrected chi connectivity index (χ3v) is 4.02. The number of hydrogen-bond donors (Lipinski definition) is 2. The summed E-state index contributed by atoms with van der Waals surface area (Å²) in [6, 6.07) is 0.327. The minimum Gasteiger partial charge on any atom is -0.348 e. The van der Waals surface area contributed by atoms with Crippen molar-refractivity contribution in [2.45, 2.75) is 51.5 Å². The maximum Gasteiger partial charge on any atom is 0.273 e. The molecule has 0 bridgehead atoms. The highest BCUT2D eigenvalue weighted by Crippen LogP contribution is 2.26. The highest BCUT2D eigenvalue weighted by Gasteiger charge is 2.23. The van der Waals surface area contributed by atoms with Crippen LogP contribution in [0.5, 0.6) is 0 Å². The molecule has 1 aliphatic carbocycles. The van der Waals surface area contributed by atoms with Crippen LogP contribution in [-0.2, 0) is 0 Å². The van der Waals surface area contributed by atoms with Crippen LogP contribution < -0.4 is 5.32 Å². The minimum atomic E-state index is -0.0769. The Labute approximate surface area is 110 Å². The smallest absolute Gasteiger partial charge is 0.273 e. The Morgan fingerprint density at radius 2 is 2.12 bits per heavy atom. The number of amides is 1. The van der Waals surface area contributed by atoms with Gasteiger partial charge in [-0.15, -0.1) is 0 Å². The van der Waals surface area contributed by atoms with Crippen molar-refractivity contribution in [3.05, 3.63) is 15.9 Å². The van der Waals surface area contributed by atoms with Crippen molar-refractivity contribution in [2.75, 3.05) is 0 Å². The summed E-state index contributed by atoms with van der Waals surface area (Å²) >= 11 is 3.45. The topological polar surface area (TPSA) is 57.8 Å². The zero-order valence-electron chi connectivity index (χ0n) is 10.2. The fourth-order valence-electron chi connectivity index (χ4n) is 2.20. The van der Waals surface area contributed by atoms with Gasteiger partial charge in [-0.05, 0) is 34.7 Å². The third-order valence-electron chi connectivity index (χ3n) is 3.22. The van der Waals surface area contributed by atoms with Crippen LogP contribution in [0, 0.1) is 0 Å². The minimum absolute atomic E-state index is 0.0769. The van der Waals surface area contributed by atoms with Gasteiger partial charge in [-0.1, -0.05) is 26.7 Å². The number of rotatable bonds is 3. The first kappa shape index (κ1) is 12.6. The van der Waals surface area contributed by atoms with E-state index in [0.29, 0.717) is 17.7 Å². The second kappa shape index (κ2) is 5.21. The number of aromatic nitrogens is 2. The van der Waals surface area contributed by atoms with E-state index in [1.54, 1.807) is 0 Å². The van der Waals surface area contributed by atoms with Crippen molar-refractivity contribution in [3.8, 4) is 0 Å². The molecule has 1 aromatic heterocycles. The lowest BCUT2D eigenvalue weighted by molar-refractivity contribution is 0.0932. The van der Waals surface area contributed by atoms with Crippen molar-refractivity contribution in [2.24, 2.45) is 0 Å². The van der Waals surface area contributed by atoms with Crippen LogP contribution in [0.4, 0.5) is 0 Å². The maximum absolute atomic E-state index is 12.0. The van der Waals surface area contributed by atoms with Gasteiger partial charge in [-0.3, -0.25) is 9.89 Å². The number of nitrogens with one attached hydrogen (secondary N) is 2. The molecule has 2 rings (SSSR count). The Morgan fingerprint density at radius 3 is 2.65 bits per heavy atom. The van der Waals surface area contributed by atoms with Crippen LogP contribution in [0.25, 0.3) is 0 Å². The van der Waals surface area contributed by atoms with E-state index in [-0.39, 0.29) is 5.91 Å². The Kier molecular flexibility index (Phi) is 3.86. The lowest BCUT2D eigenvalue weighted by Crippen LogP contribution is -2.33. The van der Waals surface area contributed by atoms with E-state index < -0.39 is 0 Å². The van der Waals surface area contributed by atoms with Crippen molar-refractivity contribution in [1.29, 1.82) is 0 Å². The predicted molar refractivity (Wildman–Crippen MR) is 70.1 cm³/mol. The van der Waals surface area contributed by atoms with E-state index in [1.165, 1.54) is 12.8 Å². The summed E-state index contributed by atoms with van der Waals surface area (Å²) in [5.74, 6) is 0.247. The first-order chi connectivity index (χ1) is 8.09. The lowest BCUT2D eigenvalue weighted by Gasteiger charge is -2.10. The molecule has 4 nitrogen and oxygen atoms in total. The second-order valence-corrected chi connectivity index (χ2v) is 5.70. The molecule has 1 aromatic rings. The first-order valence-electron chi connectivity index (χ1n) is 6.14. The van der Waals surface area contributed by atoms with Gasteiger partial charge in [0.05, 0.1) is 10.2 Å². The molecule has 0 atom stereocenters. The fraction of sp³-hybridized carbons (Fsp3) is 0.667. The lowest BCUT2D eigenvalue weighted by atomic mass is 10.1. The van der Waals surface area contributed by atoms with Crippen LogP contribution in [0.15, 0.2) is 4.47 Å². The summed E-state index contributed by atoms with van der Waals surface area (Å²) in [7, 11) is 0. The first-order valence-corrected chi connectivity index (χ1v) is 6.93. The average Bonchev–Trinajstić information content (AvgIpc) is 2.86. The standard InChI is InChI=1S/C12H18BrN3O/c1-7(2)10-9(13)11(16-15-10)12(17)14-8-5-3-4-6-8/h7-8H,3-6H2,1-2H3,(H,14,17)(H,15,16).